The van der Waals surface area contributed by atoms with Gasteiger partial charge >= 0.3 is 0 Å². The molecule has 2 atom stereocenters. The van der Waals surface area contributed by atoms with Crippen molar-refractivity contribution >= 4 is 5.96 Å². The second-order valence-corrected chi connectivity index (χ2v) is 6.39. The van der Waals surface area contributed by atoms with Gasteiger partial charge in [0, 0.05) is 19.7 Å². The molecule has 5 nitrogen and oxygen atoms in total. The van der Waals surface area contributed by atoms with Gasteiger partial charge in [0.05, 0.1) is 19.2 Å². The number of rotatable bonds is 8. The molecule has 0 bridgehead atoms. The highest BCUT2D eigenvalue weighted by Crippen LogP contribution is 2.25. The molecule has 1 heterocycles. The van der Waals surface area contributed by atoms with Crippen LogP contribution in [-0.4, -0.2) is 56.8 Å². The molecule has 1 saturated heterocycles. The first-order valence-corrected chi connectivity index (χ1v) is 9.07. The zero-order valence-corrected chi connectivity index (χ0v) is 15.3. The molecule has 2 rings (SSSR count). The lowest BCUT2D eigenvalue weighted by molar-refractivity contribution is 0.179. The van der Waals surface area contributed by atoms with Gasteiger partial charge in [0.1, 0.15) is 0 Å². The Morgan fingerprint density at radius 1 is 1.25 bits per heavy atom. The fourth-order valence-electron chi connectivity index (χ4n) is 3.18. The van der Waals surface area contributed by atoms with Gasteiger partial charge in [-0.3, -0.25) is 9.89 Å². The van der Waals surface area contributed by atoms with Crippen molar-refractivity contribution < 1.29 is 4.74 Å². The van der Waals surface area contributed by atoms with Gasteiger partial charge in [-0.15, -0.1) is 0 Å². The molecule has 1 aromatic carbocycles. The van der Waals surface area contributed by atoms with Crippen molar-refractivity contribution in [3.05, 3.63) is 35.9 Å². The quantitative estimate of drug-likeness (QED) is 0.567. The van der Waals surface area contributed by atoms with Crippen molar-refractivity contribution in [2.45, 2.75) is 38.8 Å². The number of nitrogens with zero attached hydrogens (tertiary/aromatic N) is 2. The minimum absolute atomic E-state index is 0.231. The molecule has 0 saturated carbocycles. The third-order valence-corrected chi connectivity index (χ3v) is 4.33. The minimum atomic E-state index is 0.231. The zero-order valence-electron chi connectivity index (χ0n) is 15.3. The maximum atomic E-state index is 5.21. The van der Waals surface area contributed by atoms with Crippen LogP contribution in [0.2, 0.25) is 0 Å². The number of benzene rings is 1. The third-order valence-electron chi connectivity index (χ3n) is 4.33. The summed E-state index contributed by atoms with van der Waals surface area (Å²) in [7, 11) is 1.72. The van der Waals surface area contributed by atoms with E-state index in [1.165, 1.54) is 31.5 Å². The number of likely N-dealkylation sites (tertiary alicyclic amines) is 1. The molecule has 0 spiro atoms. The average molecular weight is 332 g/mol. The van der Waals surface area contributed by atoms with Crippen molar-refractivity contribution in [3.63, 3.8) is 0 Å². The summed E-state index contributed by atoms with van der Waals surface area (Å²) in [5, 5.41) is 6.75. The van der Waals surface area contributed by atoms with E-state index < -0.39 is 0 Å². The first kappa shape index (κ1) is 18.7. The Balaban J connectivity index is 2.08. The van der Waals surface area contributed by atoms with Crippen LogP contribution in [0.4, 0.5) is 0 Å². The van der Waals surface area contributed by atoms with Crippen molar-refractivity contribution in [3.8, 4) is 0 Å². The molecule has 0 aromatic heterocycles. The highest BCUT2D eigenvalue weighted by Gasteiger charge is 2.23. The smallest absolute Gasteiger partial charge is 0.191 e. The molecule has 1 aliphatic rings. The van der Waals surface area contributed by atoms with Gasteiger partial charge in [-0.2, -0.15) is 0 Å². The SMILES string of the molecule is CCNC(=NCC(c1ccccc1)N1CCCC1)NC(C)COC. The van der Waals surface area contributed by atoms with Crippen molar-refractivity contribution in [2.24, 2.45) is 4.99 Å². The van der Waals surface area contributed by atoms with Crippen LogP contribution in [0.5, 0.6) is 0 Å². The van der Waals surface area contributed by atoms with Crippen LogP contribution in [0.3, 0.4) is 0 Å². The van der Waals surface area contributed by atoms with E-state index in [2.05, 4.69) is 59.7 Å². The molecular formula is C19H32N4O. The molecule has 2 unspecified atom stereocenters. The van der Waals surface area contributed by atoms with Gasteiger partial charge < -0.3 is 15.4 Å². The van der Waals surface area contributed by atoms with E-state index in [9.17, 15) is 0 Å². The number of hydrogen-bond donors (Lipinski definition) is 2. The molecule has 5 heteroatoms. The fourth-order valence-corrected chi connectivity index (χ4v) is 3.18. The number of aliphatic imine (C=N–C) groups is 1. The molecule has 1 aromatic rings. The number of ether oxygens (including phenoxy) is 1. The maximum Gasteiger partial charge on any atom is 0.191 e. The van der Waals surface area contributed by atoms with Gasteiger partial charge in [-0.05, 0) is 45.3 Å². The van der Waals surface area contributed by atoms with E-state index in [1.807, 2.05) is 0 Å². The van der Waals surface area contributed by atoms with Gasteiger partial charge in [0.2, 0.25) is 0 Å². The minimum Gasteiger partial charge on any atom is -0.383 e. The van der Waals surface area contributed by atoms with Crippen molar-refractivity contribution in [2.75, 3.05) is 39.9 Å². The molecular weight excluding hydrogens is 300 g/mol. The second-order valence-electron chi connectivity index (χ2n) is 6.39. The Hall–Kier alpha value is -1.59. The number of guanidine groups is 1. The summed E-state index contributed by atoms with van der Waals surface area (Å²) in [5.74, 6) is 0.863. The predicted octanol–water partition coefficient (Wildman–Crippen LogP) is 2.41. The average Bonchev–Trinajstić information content (AvgIpc) is 3.10. The Labute approximate surface area is 146 Å². The first-order valence-electron chi connectivity index (χ1n) is 9.07. The lowest BCUT2D eigenvalue weighted by Gasteiger charge is -2.27. The number of hydrogen-bond acceptors (Lipinski definition) is 3. The second kappa shape index (κ2) is 10.3. The van der Waals surface area contributed by atoms with E-state index in [-0.39, 0.29) is 6.04 Å². The fraction of sp³-hybridized carbons (Fsp3) is 0.632. The van der Waals surface area contributed by atoms with Crippen LogP contribution < -0.4 is 10.6 Å². The van der Waals surface area contributed by atoms with E-state index in [0.29, 0.717) is 12.6 Å². The van der Waals surface area contributed by atoms with E-state index in [4.69, 9.17) is 9.73 Å². The summed E-state index contributed by atoms with van der Waals surface area (Å²) >= 11 is 0. The van der Waals surface area contributed by atoms with Crippen LogP contribution in [0.15, 0.2) is 35.3 Å². The van der Waals surface area contributed by atoms with Crippen LogP contribution >= 0.6 is 0 Å². The topological polar surface area (TPSA) is 48.9 Å². The standard InChI is InChI=1S/C19H32N4O/c1-4-20-19(22-16(2)15-24-3)21-14-18(23-12-8-9-13-23)17-10-6-5-7-11-17/h5-7,10-11,16,18H,4,8-9,12-15H2,1-3H3,(H2,20,21,22). The summed E-state index contributed by atoms with van der Waals surface area (Å²) in [6.07, 6.45) is 2.58. The summed E-state index contributed by atoms with van der Waals surface area (Å²) in [6, 6.07) is 11.3. The van der Waals surface area contributed by atoms with Crippen LogP contribution in [0.25, 0.3) is 0 Å². The number of methoxy groups -OCH3 is 1. The summed E-state index contributed by atoms with van der Waals surface area (Å²) in [5.41, 5.74) is 1.35. The maximum absolute atomic E-state index is 5.21. The molecule has 24 heavy (non-hydrogen) atoms. The highest BCUT2D eigenvalue weighted by atomic mass is 16.5. The monoisotopic (exact) mass is 332 g/mol. The molecule has 0 aliphatic carbocycles. The molecule has 1 aliphatic heterocycles. The molecule has 1 fully saturated rings. The Morgan fingerprint density at radius 2 is 1.96 bits per heavy atom. The molecule has 2 N–H and O–H groups in total. The predicted molar refractivity (Wildman–Crippen MR) is 100 cm³/mol. The molecule has 0 radical (unpaired) electrons. The molecule has 134 valence electrons. The summed E-state index contributed by atoms with van der Waals surface area (Å²) < 4.78 is 5.21. The number of nitrogens with one attached hydrogen (secondary N) is 2. The van der Waals surface area contributed by atoms with Crippen molar-refractivity contribution in [1.82, 2.24) is 15.5 Å². The lowest BCUT2D eigenvalue weighted by Crippen LogP contribution is -2.44. The first-order chi connectivity index (χ1) is 11.7. The highest BCUT2D eigenvalue weighted by molar-refractivity contribution is 5.80. The zero-order chi connectivity index (χ0) is 17.2. The van der Waals surface area contributed by atoms with Crippen LogP contribution in [-0.2, 0) is 4.74 Å². The van der Waals surface area contributed by atoms with Gasteiger partial charge in [-0.1, -0.05) is 30.3 Å². The van der Waals surface area contributed by atoms with Gasteiger partial charge in [0.25, 0.3) is 0 Å². The Bertz CT molecular complexity index is 485. The Morgan fingerprint density at radius 3 is 2.58 bits per heavy atom. The normalized spacial score (nSPS) is 18.4. The van der Waals surface area contributed by atoms with Gasteiger partial charge in [-0.25, -0.2) is 0 Å². The lowest BCUT2D eigenvalue weighted by atomic mass is 10.1. The van der Waals surface area contributed by atoms with Crippen molar-refractivity contribution in [1.29, 1.82) is 0 Å². The largest absolute Gasteiger partial charge is 0.383 e. The van der Waals surface area contributed by atoms with E-state index in [0.717, 1.165) is 19.0 Å². The van der Waals surface area contributed by atoms with Crippen LogP contribution in [0.1, 0.15) is 38.3 Å². The summed E-state index contributed by atoms with van der Waals surface area (Å²) in [6.45, 7) is 8.81. The van der Waals surface area contributed by atoms with E-state index >= 15 is 0 Å². The Kier molecular flexibility index (Phi) is 8.05. The van der Waals surface area contributed by atoms with Gasteiger partial charge in [0.15, 0.2) is 5.96 Å². The van der Waals surface area contributed by atoms with Crippen LogP contribution in [0, 0.1) is 0 Å². The van der Waals surface area contributed by atoms with E-state index in [1.54, 1.807) is 7.11 Å². The summed E-state index contributed by atoms with van der Waals surface area (Å²) in [4.78, 5) is 7.41. The third kappa shape index (κ3) is 5.80. The molecule has 0 amide bonds.